The molecule has 0 aliphatic carbocycles. The number of halogens is 1. The van der Waals surface area contributed by atoms with E-state index in [0.29, 0.717) is 30.8 Å². The van der Waals surface area contributed by atoms with Crippen LogP contribution in [0.1, 0.15) is 12.8 Å². The summed E-state index contributed by atoms with van der Waals surface area (Å²) in [6, 6.07) is 14.4. The molecule has 2 aromatic carbocycles. The third kappa shape index (κ3) is 4.74. The Bertz CT molecular complexity index is 909. The zero-order chi connectivity index (χ0) is 19.4. The molecule has 1 fully saturated rings. The van der Waals surface area contributed by atoms with E-state index in [4.69, 9.17) is 0 Å². The Balaban J connectivity index is 1.62. The number of benzene rings is 2. The number of nitrogens with one attached hydrogen (secondary N) is 1. The zero-order valence-electron chi connectivity index (χ0n) is 14.9. The van der Waals surface area contributed by atoms with Crippen molar-refractivity contribution in [2.75, 3.05) is 24.7 Å². The van der Waals surface area contributed by atoms with Gasteiger partial charge in [-0.2, -0.15) is 4.31 Å². The van der Waals surface area contributed by atoms with Crippen molar-refractivity contribution in [3.05, 3.63) is 53.0 Å². The van der Waals surface area contributed by atoms with Crippen LogP contribution in [0.25, 0.3) is 0 Å². The monoisotopic (exact) mass is 468 g/mol. The van der Waals surface area contributed by atoms with E-state index in [1.165, 1.54) is 4.31 Å². The molecule has 0 unspecified atom stereocenters. The molecule has 0 radical (unpaired) electrons. The second-order valence-corrected chi connectivity index (χ2v) is 9.99. The lowest BCUT2D eigenvalue weighted by Gasteiger charge is -2.30. The normalized spacial score (nSPS) is 16.2. The first-order valence-electron chi connectivity index (χ1n) is 8.61. The topological polar surface area (TPSA) is 66.5 Å². The molecule has 0 aromatic heterocycles. The van der Waals surface area contributed by atoms with E-state index in [0.717, 1.165) is 15.1 Å². The van der Waals surface area contributed by atoms with E-state index in [1.54, 1.807) is 23.9 Å². The van der Waals surface area contributed by atoms with Crippen molar-refractivity contribution in [3.8, 4) is 0 Å². The molecule has 5 nitrogen and oxygen atoms in total. The number of amides is 1. The molecule has 1 saturated heterocycles. The van der Waals surface area contributed by atoms with E-state index in [9.17, 15) is 13.2 Å². The molecule has 0 saturated carbocycles. The van der Waals surface area contributed by atoms with Crippen LogP contribution in [-0.2, 0) is 14.8 Å². The number of anilines is 1. The smallest absolute Gasteiger partial charge is 0.243 e. The van der Waals surface area contributed by atoms with Crippen LogP contribution >= 0.6 is 27.7 Å². The minimum atomic E-state index is -3.52. The van der Waals surface area contributed by atoms with Gasteiger partial charge in [-0.25, -0.2) is 8.42 Å². The Kier molecular flexibility index (Phi) is 6.62. The molecule has 0 bridgehead atoms. The molecule has 3 rings (SSSR count). The number of piperidine rings is 1. The van der Waals surface area contributed by atoms with Crippen LogP contribution in [-0.4, -0.2) is 38.0 Å². The first-order chi connectivity index (χ1) is 12.9. The van der Waals surface area contributed by atoms with Gasteiger partial charge in [-0.15, -0.1) is 11.8 Å². The molecule has 8 heteroatoms. The van der Waals surface area contributed by atoms with Gasteiger partial charge in [-0.05, 0) is 71.4 Å². The van der Waals surface area contributed by atoms with Crippen LogP contribution in [0.15, 0.2) is 62.8 Å². The van der Waals surface area contributed by atoms with Gasteiger partial charge >= 0.3 is 0 Å². The van der Waals surface area contributed by atoms with Crippen molar-refractivity contribution in [2.24, 2.45) is 5.92 Å². The van der Waals surface area contributed by atoms with Gasteiger partial charge < -0.3 is 5.32 Å². The van der Waals surface area contributed by atoms with Gasteiger partial charge in [0.15, 0.2) is 0 Å². The number of rotatable bonds is 5. The Morgan fingerprint density at radius 3 is 2.33 bits per heavy atom. The average molecular weight is 469 g/mol. The van der Waals surface area contributed by atoms with Gasteiger partial charge in [0.25, 0.3) is 0 Å². The molecule has 1 aliphatic rings. The van der Waals surface area contributed by atoms with Crippen molar-refractivity contribution in [3.63, 3.8) is 0 Å². The van der Waals surface area contributed by atoms with Crippen molar-refractivity contribution in [1.29, 1.82) is 0 Å². The summed E-state index contributed by atoms with van der Waals surface area (Å²) in [6.45, 7) is 0.696. The molecular formula is C19H21BrN2O3S2. The second kappa shape index (κ2) is 8.77. The Morgan fingerprint density at radius 2 is 1.74 bits per heavy atom. The fourth-order valence-electron chi connectivity index (χ4n) is 3.05. The number of hydrogen-bond donors (Lipinski definition) is 1. The maximum absolute atomic E-state index is 12.8. The third-order valence-corrected chi connectivity index (χ3v) is 8.00. The number of carbonyl (C=O) groups is 1. The van der Waals surface area contributed by atoms with Gasteiger partial charge in [-0.1, -0.05) is 12.1 Å². The minimum Gasteiger partial charge on any atom is -0.325 e. The van der Waals surface area contributed by atoms with Crippen LogP contribution in [0.5, 0.6) is 0 Å². The summed E-state index contributed by atoms with van der Waals surface area (Å²) in [5.74, 6) is -0.259. The Labute approximate surface area is 172 Å². The second-order valence-electron chi connectivity index (χ2n) is 6.32. The summed E-state index contributed by atoms with van der Waals surface area (Å²) in [6.07, 6.45) is 2.98. The van der Waals surface area contributed by atoms with Gasteiger partial charge in [0.05, 0.1) is 10.6 Å². The first kappa shape index (κ1) is 20.4. The fraction of sp³-hybridized carbons (Fsp3) is 0.316. The zero-order valence-corrected chi connectivity index (χ0v) is 18.1. The number of hydrogen-bond acceptors (Lipinski definition) is 4. The lowest BCUT2D eigenvalue weighted by atomic mass is 9.97. The SMILES string of the molecule is CSc1ccc(S(=O)(=O)N2CCC(C(=O)Nc3ccccc3Br)CC2)cc1. The van der Waals surface area contributed by atoms with Crippen LogP contribution in [0, 0.1) is 5.92 Å². The molecule has 1 amide bonds. The lowest BCUT2D eigenvalue weighted by Crippen LogP contribution is -2.41. The van der Waals surface area contributed by atoms with Gasteiger partial charge in [0.1, 0.15) is 0 Å². The third-order valence-electron chi connectivity index (χ3n) is 4.65. The fourth-order valence-corrected chi connectivity index (χ4v) is 5.31. The average Bonchev–Trinajstić information content (AvgIpc) is 2.70. The predicted octanol–water partition coefficient (Wildman–Crippen LogP) is 4.21. The maximum Gasteiger partial charge on any atom is 0.243 e. The highest BCUT2D eigenvalue weighted by molar-refractivity contribution is 9.10. The van der Waals surface area contributed by atoms with Crippen LogP contribution < -0.4 is 5.32 Å². The standard InChI is InChI=1S/C19H21BrN2O3S2/c1-26-15-6-8-16(9-7-15)27(24,25)22-12-10-14(11-13-22)19(23)21-18-5-3-2-4-17(18)20/h2-9,14H,10-13H2,1H3,(H,21,23). The highest BCUT2D eigenvalue weighted by Crippen LogP contribution is 2.27. The lowest BCUT2D eigenvalue weighted by molar-refractivity contribution is -0.120. The highest BCUT2D eigenvalue weighted by atomic mass is 79.9. The number of nitrogens with zero attached hydrogens (tertiary/aromatic N) is 1. The molecule has 0 atom stereocenters. The minimum absolute atomic E-state index is 0.0664. The molecular weight excluding hydrogens is 448 g/mol. The van der Waals surface area contributed by atoms with Crippen molar-refractivity contribution >= 4 is 49.3 Å². The van der Waals surface area contributed by atoms with E-state index < -0.39 is 10.0 Å². The number of para-hydroxylation sites is 1. The molecule has 1 aliphatic heterocycles. The molecule has 27 heavy (non-hydrogen) atoms. The molecule has 0 spiro atoms. The van der Waals surface area contributed by atoms with Gasteiger partial charge in [0, 0.05) is 28.4 Å². The maximum atomic E-state index is 12.8. The van der Waals surface area contributed by atoms with Crippen molar-refractivity contribution in [2.45, 2.75) is 22.6 Å². The van der Waals surface area contributed by atoms with Crippen LogP contribution in [0.4, 0.5) is 5.69 Å². The summed E-state index contributed by atoms with van der Waals surface area (Å²) in [7, 11) is -3.52. The van der Waals surface area contributed by atoms with Crippen LogP contribution in [0.3, 0.4) is 0 Å². The van der Waals surface area contributed by atoms with E-state index in [1.807, 2.05) is 42.7 Å². The quantitative estimate of drug-likeness (QED) is 0.667. The molecule has 2 aromatic rings. The molecule has 1 heterocycles. The van der Waals surface area contributed by atoms with E-state index in [-0.39, 0.29) is 11.8 Å². The first-order valence-corrected chi connectivity index (χ1v) is 12.1. The number of sulfonamides is 1. The Hall–Kier alpha value is -1.35. The molecule has 1 N–H and O–H groups in total. The summed E-state index contributed by atoms with van der Waals surface area (Å²) in [4.78, 5) is 13.8. The highest BCUT2D eigenvalue weighted by Gasteiger charge is 2.32. The van der Waals surface area contributed by atoms with Gasteiger partial charge in [-0.3, -0.25) is 4.79 Å². The van der Waals surface area contributed by atoms with Crippen molar-refractivity contribution < 1.29 is 13.2 Å². The summed E-state index contributed by atoms with van der Waals surface area (Å²) in [5.41, 5.74) is 0.728. The number of carbonyl (C=O) groups excluding carboxylic acids is 1. The van der Waals surface area contributed by atoms with Crippen molar-refractivity contribution in [1.82, 2.24) is 4.31 Å². The van der Waals surface area contributed by atoms with Gasteiger partial charge in [0.2, 0.25) is 15.9 Å². The summed E-state index contributed by atoms with van der Waals surface area (Å²) in [5, 5.41) is 2.92. The number of thioether (sulfide) groups is 1. The Morgan fingerprint density at radius 1 is 1.11 bits per heavy atom. The predicted molar refractivity (Wildman–Crippen MR) is 112 cm³/mol. The largest absolute Gasteiger partial charge is 0.325 e. The van der Waals surface area contributed by atoms with E-state index in [2.05, 4.69) is 21.2 Å². The summed E-state index contributed by atoms with van der Waals surface area (Å²) < 4.78 is 27.9. The molecule has 144 valence electrons. The van der Waals surface area contributed by atoms with Crippen LogP contribution in [0.2, 0.25) is 0 Å². The van der Waals surface area contributed by atoms with E-state index >= 15 is 0 Å². The summed E-state index contributed by atoms with van der Waals surface area (Å²) >= 11 is 4.99.